The Bertz CT molecular complexity index is 449. The SMILES string of the molecule is CC(CO)(CO)n1cccc([N+](=O)[O-])c1=O. The second-order valence-electron chi connectivity index (χ2n) is 3.64. The molecular weight excluding hydrogens is 216 g/mol. The summed E-state index contributed by atoms with van der Waals surface area (Å²) in [7, 11) is 0. The number of aliphatic hydroxyl groups is 2. The quantitative estimate of drug-likeness (QED) is 0.531. The molecule has 1 aromatic heterocycles. The number of rotatable bonds is 4. The third-order valence-electron chi connectivity index (χ3n) is 2.39. The van der Waals surface area contributed by atoms with Crippen molar-refractivity contribution in [3.63, 3.8) is 0 Å². The molecule has 2 N–H and O–H groups in total. The molecule has 1 aromatic rings. The number of hydrogen-bond acceptors (Lipinski definition) is 5. The molecule has 7 heteroatoms. The van der Waals surface area contributed by atoms with Crippen molar-refractivity contribution < 1.29 is 15.1 Å². The standard InChI is InChI=1S/C9H12N2O5/c1-9(5-12,6-13)10-4-2-3-7(8(10)14)11(15)16/h2-4,12-13H,5-6H2,1H3. The van der Waals surface area contributed by atoms with Crippen LogP contribution in [0, 0.1) is 10.1 Å². The first-order valence-corrected chi connectivity index (χ1v) is 4.54. The van der Waals surface area contributed by atoms with Crippen molar-refractivity contribution in [3.8, 4) is 0 Å². The minimum Gasteiger partial charge on any atom is -0.394 e. The Kier molecular flexibility index (Phi) is 3.41. The average Bonchev–Trinajstić information content (AvgIpc) is 2.28. The molecule has 1 heterocycles. The zero-order valence-electron chi connectivity index (χ0n) is 8.66. The molecule has 0 spiro atoms. The van der Waals surface area contributed by atoms with Gasteiger partial charge in [0.1, 0.15) is 0 Å². The number of hydrogen-bond donors (Lipinski definition) is 2. The van der Waals surface area contributed by atoms with Gasteiger partial charge in [-0.15, -0.1) is 0 Å². The summed E-state index contributed by atoms with van der Waals surface area (Å²) in [4.78, 5) is 21.4. The van der Waals surface area contributed by atoms with Gasteiger partial charge in [0.15, 0.2) is 0 Å². The van der Waals surface area contributed by atoms with Crippen molar-refractivity contribution in [2.24, 2.45) is 0 Å². The van der Waals surface area contributed by atoms with Crippen LogP contribution in [-0.2, 0) is 5.54 Å². The van der Waals surface area contributed by atoms with Gasteiger partial charge in [0.2, 0.25) is 0 Å². The summed E-state index contributed by atoms with van der Waals surface area (Å²) in [6.45, 7) is 0.438. The number of pyridine rings is 1. The average molecular weight is 228 g/mol. The molecule has 0 aromatic carbocycles. The van der Waals surface area contributed by atoms with Gasteiger partial charge in [0.05, 0.1) is 23.7 Å². The molecule has 0 unspecified atom stereocenters. The van der Waals surface area contributed by atoms with Crippen molar-refractivity contribution >= 4 is 5.69 Å². The summed E-state index contributed by atoms with van der Waals surface area (Å²) in [6, 6.07) is 2.40. The zero-order chi connectivity index (χ0) is 12.3. The Morgan fingerprint density at radius 2 is 2.06 bits per heavy atom. The summed E-state index contributed by atoms with van der Waals surface area (Å²) in [6.07, 6.45) is 1.29. The highest BCUT2D eigenvalue weighted by Gasteiger charge is 2.28. The van der Waals surface area contributed by atoms with E-state index >= 15 is 0 Å². The van der Waals surface area contributed by atoms with Crippen molar-refractivity contribution in [3.05, 3.63) is 38.8 Å². The van der Waals surface area contributed by atoms with Gasteiger partial charge < -0.3 is 10.2 Å². The van der Waals surface area contributed by atoms with E-state index in [9.17, 15) is 14.9 Å². The van der Waals surface area contributed by atoms with Gasteiger partial charge in [-0.3, -0.25) is 19.5 Å². The van der Waals surface area contributed by atoms with E-state index in [1.54, 1.807) is 0 Å². The third-order valence-corrected chi connectivity index (χ3v) is 2.39. The van der Waals surface area contributed by atoms with Gasteiger partial charge in [-0.05, 0) is 13.0 Å². The molecule has 0 aliphatic carbocycles. The minimum absolute atomic E-state index is 0.495. The fraction of sp³-hybridized carbons (Fsp3) is 0.444. The van der Waals surface area contributed by atoms with Gasteiger partial charge in [-0.2, -0.15) is 0 Å². The van der Waals surface area contributed by atoms with Crippen molar-refractivity contribution in [1.82, 2.24) is 4.57 Å². The summed E-state index contributed by atoms with van der Waals surface area (Å²) in [5, 5.41) is 28.8. The Balaban J connectivity index is 3.42. The van der Waals surface area contributed by atoms with Crippen LogP contribution < -0.4 is 5.56 Å². The summed E-state index contributed by atoms with van der Waals surface area (Å²) in [5.41, 5.74) is -2.68. The van der Waals surface area contributed by atoms with E-state index in [1.165, 1.54) is 19.2 Å². The van der Waals surface area contributed by atoms with Crippen LogP contribution >= 0.6 is 0 Å². The van der Waals surface area contributed by atoms with Crippen LogP contribution in [-0.4, -0.2) is 32.9 Å². The first-order chi connectivity index (χ1) is 7.46. The lowest BCUT2D eigenvalue weighted by Crippen LogP contribution is -2.44. The van der Waals surface area contributed by atoms with Gasteiger partial charge >= 0.3 is 11.2 Å². The Morgan fingerprint density at radius 3 is 2.50 bits per heavy atom. The first kappa shape index (κ1) is 12.3. The molecule has 1 rings (SSSR count). The van der Waals surface area contributed by atoms with Crippen LogP contribution in [0.5, 0.6) is 0 Å². The first-order valence-electron chi connectivity index (χ1n) is 4.54. The molecule has 0 bridgehead atoms. The number of nitrogens with zero attached hydrogens (tertiary/aromatic N) is 2. The maximum Gasteiger partial charge on any atom is 0.334 e. The Morgan fingerprint density at radius 1 is 1.50 bits per heavy atom. The highest BCUT2D eigenvalue weighted by Crippen LogP contribution is 2.13. The highest BCUT2D eigenvalue weighted by atomic mass is 16.6. The second-order valence-corrected chi connectivity index (χ2v) is 3.64. The molecule has 88 valence electrons. The van der Waals surface area contributed by atoms with E-state index < -0.39 is 34.9 Å². The number of aromatic nitrogens is 1. The van der Waals surface area contributed by atoms with Gasteiger partial charge in [0.25, 0.3) is 0 Å². The summed E-state index contributed by atoms with van der Waals surface area (Å²) < 4.78 is 0.963. The lowest BCUT2D eigenvalue weighted by atomic mass is 10.0. The molecular formula is C9H12N2O5. The lowest BCUT2D eigenvalue weighted by molar-refractivity contribution is -0.386. The van der Waals surface area contributed by atoms with Crippen LogP contribution in [0.4, 0.5) is 5.69 Å². The molecule has 0 aliphatic rings. The van der Waals surface area contributed by atoms with Crippen LogP contribution in [0.1, 0.15) is 6.92 Å². The fourth-order valence-electron chi connectivity index (χ4n) is 1.25. The van der Waals surface area contributed by atoms with E-state index in [1.807, 2.05) is 0 Å². The monoisotopic (exact) mass is 228 g/mol. The van der Waals surface area contributed by atoms with Gasteiger partial charge in [-0.1, -0.05) is 0 Å². The second kappa shape index (κ2) is 4.42. The lowest BCUT2D eigenvalue weighted by Gasteiger charge is -2.26. The zero-order valence-corrected chi connectivity index (χ0v) is 8.66. The van der Waals surface area contributed by atoms with Crippen molar-refractivity contribution in [2.75, 3.05) is 13.2 Å². The Hall–Kier alpha value is -1.73. The van der Waals surface area contributed by atoms with Crippen LogP contribution in [0.15, 0.2) is 23.1 Å². The normalized spacial score (nSPS) is 11.4. The largest absolute Gasteiger partial charge is 0.394 e. The Labute approximate surface area is 90.7 Å². The summed E-state index contributed by atoms with van der Waals surface area (Å²) in [5.74, 6) is 0. The molecule has 0 radical (unpaired) electrons. The van der Waals surface area contributed by atoms with Gasteiger partial charge in [0, 0.05) is 12.3 Å². The predicted molar refractivity (Wildman–Crippen MR) is 55.2 cm³/mol. The summed E-state index contributed by atoms with van der Waals surface area (Å²) >= 11 is 0. The number of aliphatic hydroxyl groups excluding tert-OH is 2. The van der Waals surface area contributed by atoms with Crippen LogP contribution in [0.2, 0.25) is 0 Å². The molecule has 0 atom stereocenters. The van der Waals surface area contributed by atoms with Gasteiger partial charge in [-0.25, -0.2) is 0 Å². The molecule has 16 heavy (non-hydrogen) atoms. The van der Waals surface area contributed by atoms with Crippen molar-refractivity contribution in [2.45, 2.75) is 12.5 Å². The topological polar surface area (TPSA) is 106 Å². The molecule has 0 saturated heterocycles. The van der Waals surface area contributed by atoms with E-state index in [0.717, 1.165) is 10.6 Å². The molecule has 0 fully saturated rings. The van der Waals surface area contributed by atoms with E-state index in [-0.39, 0.29) is 0 Å². The smallest absolute Gasteiger partial charge is 0.334 e. The molecule has 0 amide bonds. The molecule has 0 aliphatic heterocycles. The maximum absolute atomic E-state index is 11.7. The third kappa shape index (κ3) is 1.95. The van der Waals surface area contributed by atoms with E-state index in [4.69, 9.17) is 10.2 Å². The minimum atomic E-state index is -1.25. The fourth-order valence-corrected chi connectivity index (χ4v) is 1.25. The van der Waals surface area contributed by atoms with Crippen molar-refractivity contribution in [1.29, 1.82) is 0 Å². The predicted octanol–water partition coefficient (Wildman–Crippen LogP) is -0.544. The van der Waals surface area contributed by atoms with E-state index in [2.05, 4.69) is 0 Å². The maximum atomic E-state index is 11.7. The molecule has 0 saturated carbocycles. The van der Waals surface area contributed by atoms with Crippen LogP contribution in [0.25, 0.3) is 0 Å². The number of nitro groups is 1. The molecule has 7 nitrogen and oxygen atoms in total. The van der Waals surface area contributed by atoms with E-state index in [0.29, 0.717) is 0 Å². The van der Waals surface area contributed by atoms with Crippen LogP contribution in [0.3, 0.4) is 0 Å². The highest BCUT2D eigenvalue weighted by molar-refractivity contribution is 5.26.